The van der Waals surface area contributed by atoms with Gasteiger partial charge in [-0.2, -0.15) is 0 Å². The van der Waals surface area contributed by atoms with Crippen LogP contribution in [-0.4, -0.2) is 33.2 Å². The molecule has 0 atom stereocenters. The number of thiazole rings is 1. The van der Waals surface area contributed by atoms with Gasteiger partial charge in [-0.3, -0.25) is 19.9 Å². The maximum atomic E-state index is 13.4. The second-order valence-corrected chi connectivity index (χ2v) is 9.28. The van der Waals surface area contributed by atoms with Gasteiger partial charge in [-0.1, -0.05) is 78.1 Å². The fourth-order valence-corrected chi connectivity index (χ4v) is 5.24. The quantitative estimate of drug-likeness (QED) is 0.437. The van der Waals surface area contributed by atoms with Crippen molar-refractivity contribution < 1.29 is 9.59 Å². The van der Waals surface area contributed by atoms with E-state index < -0.39 is 0 Å². The Morgan fingerprint density at radius 2 is 1.62 bits per heavy atom. The summed E-state index contributed by atoms with van der Waals surface area (Å²) in [5, 5.41) is 3.38. The zero-order valence-electron chi connectivity index (χ0n) is 18.6. The van der Waals surface area contributed by atoms with Crippen LogP contribution in [0.3, 0.4) is 0 Å². The van der Waals surface area contributed by atoms with Crippen LogP contribution in [0.2, 0.25) is 0 Å². The van der Waals surface area contributed by atoms with Crippen LogP contribution in [-0.2, 0) is 17.8 Å². The number of rotatable bonds is 6. The third-order valence-electron chi connectivity index (χ3n) is 5.98. The van der Waals surface area contributed by atoms with Crippen molar-refractivity contribution in [2.24, 2.45) is 0 Å². The third-order valence-corrected chi connectivity index (χ3v) is 6.98. The maximum Gasteiger partial charge on any atom is 0.276 e. The highest BCUT2D eigenvalue weighted by Gasteiger charge is 2.27. The molecule has 34 heavy (non-hydrogen) atoms. The number of amides is 2. The van der Waals surface area contributed by atoms with E-state index >= 15 is 0 Å². The first kappa shape index (κ1) is 22.0. The number of benzene rings is 2. The van der Waals surface area contributed by atoms with Gasteiger partial charge in [0.25, 0.3) is 5.91 Å². The first-order valence-electron chi connectivity index (χ1n) is 11.3. The van der Waals surface area contributed by atoms with Crippen LogP contribution in [0.25, 0.3) is 0 Å². The summed E-state index contributed by atoms with van der Waals surface area (Å²) < 4.78 is 0. The summed E-state index contributed by atoms with van der Waals surface area (Å²) in [6.07, 6.45) is 2.67. The van der Waals surface area contributed by atoms with Gasteiger partial charge in [-0.25, -0.2) is 4.98 Å². The predicted octanol–water partition coefficient (Wildman–Crippen LogP) is 4.90. The Morgan fingerprint density at radius 1 is 0.941 bits per heavy atom. The largest absolute Gasteiger partial charge is 0.337 e. The monoisotopic (exact) mass is 468 g/mol. The van der Waals surface area contributed by atoms with Crippen LogP contribution in [0.15, 0.2) is 85.1 Å². The molecule has 0 saturated heterocycles. The lowest BCUT2D eigenvalue weighted by Gasteiger charge is -2.28. The molecule has 0 fully saturated rings. The van der Waals surface area contributed by atoms with Crippen molar-refractivity contribution in [3.8, 4) is 0 Å². The second-order valence-electron chi connectivity index (χ2n) is 8.20. The van der Waals surface area contributed by atoms with Crippen LogP contribution in [0, 0.1) is 0 Å². The Balaban J connectivity index is 1.29. The molecule has 3 heterocycles. The molecular formula is C27H24N4O2S. The molecule has 0 radical (unpaired) electrons. The number of carbonyl (C=O) groups is 2. The van der Waals surface area contributed by atoms with Crippen molar-refractivity contribution in [2.45, 2.75) is 25.3 Å². The highest BCUT2D eigenvalue weighted by molar-refractivity contribution is 7.15. The van der Waals surface area contributed by atoms with Crippen LogP contribution >= 0.6 is 11.3 Å². The molecule has 4 aromatic rings. The smallest absolute Gasteiger partial charge is 0.276 e. The Morgan fingerprint density at radius 3 is 2.26 bits per heavy atom. The number of nitrogens with zero attached hydrogens (tertiary/aromatic N) is 3. The average molecular weight is 469 g/mol. The summed E-state index contributed by atoms with van der Waals surface area (Å²) in [5.41, 5.74) is 3.57. The molecular weight excluding hydrogens is 444 g/mol. The van der Waals surface area contributed by atoms with Crippen molar-refractivity contribution in [3.63, 3.8) is 0 Å². The number of pyridine rings is 1. The van der Waals surface area contributed by atoms with E-state index in [-0.39, 0.29) is 17.7 Å². The zero-order valence-corrected chi connectivity index (χ0v) is 19.4. The Bertz CT molecular complexity index is 1240. The Hall–Kier alpha value is -3.84. The normalized spacial score (nSPS) is 12.9. The average Bonchev–Trinajstić information content (AvgIpc) is 3.30. The molecule has 0 spiro atoms. The minimum absolute atomic E-state index is 0.00554. The maximum absolute atomic E-state index is 13.4. The van der Waals surface area contributed by atoms with Gasteiger partial charge in [0.05, 0.1) is 12.2 Å². The van der Waals surface area contributed by atoms with Crippen molar-refractivity contribution >= 4 is 28.3 Å². The van der Waals surface area contributed by atoms with Gasteiger partial charge < -0.3 is 4.90 Å². The molecule has 5 rings (SSSR count). The Labute approximate surface area is 202 Å². The summed E-state index contributed by atoms with van der Waals surface area (Å²) in [6.45, 7) is 1.14. The van der Waals surface area contributed by atoms with E-state index in [2.05, 4.69) is 39.6 Å². The molecule has 170 valence electrons. The number of carbonyl (C=O) groups excluding carboxylic acids is 2. The fourth-order valence-electron chi connectivity index (χ4n) is 4.22. The minimum Gasteiger partial charge on any atom is -0.337 e. The van der Waals surface area contributed by atoms with Gasteiger partial charge in [0.1, 0.15) is 5.69 Å². The summed E-state index contributed by atoms with van der Waals surface area (Å²) in [7, 11) is 0. The number of fused-ring (bicyclic) bond motifs is 1. The van der Waals surface area contributed by atoms with E-state index in [9.17, 15) is 9.59 Å². The number of hydrogen-bond acceptors (Lipinski definition) is 5. The van der Waals surface area contributed by atoms with Crippen LogP contribution in [0.5, 0.6) is 0 Å². The SMILES string of the molecule is O=C(Nc1nc2c(s1)CN(C(=O)CC(c1ccccc1)c1ccccc1)CC2)c1ccccn1. The summed E-state index contributed by atoms with van der Waals surface area (Å²) in [5.74, 6) is -0.157. The molecule has 6 nitrogen and oxygen atoms in total. The van der Waals surface area contributed by atoms with Crippen molar-refractivity contribution in [1.29, 1.82) is 0 Å². The number of anilines is 1. The molecule has 2 aromatic heterocycles. The molecule has 0 aliphatic carbocycles. The number of nitrogens with one attached hydrogen (secondary N) is 1. The van der Waals surface area contributed by atoms with Crippen molar-refractivity contribution in [1.82, 2.24) is 14.9 Å². The van der Waals surface area contributed by atoms with Gasteiger partial charge in [0.2, 0.25) is 5.91 Å². The first-order chi connectivity index (χ1) is 16.7. The molecule has 0 unspecified atom stereocenters. The predicted molar refractivity (Wildman–Crippen MR) is 133 cm³/mol. The van der Waals surface area contributed by atoms with Gasteiger partial charge in [-0.15, -0.1) is 0 Å². The third kappa shape index (κ3) is 4.89. The van der Waals surface area contributed by atoms with Gasteiger partial charge in [0.15, 0.2) is 5.13 Å². The zero-order chi connectivity index (χ0) is 23.3. The van der Waals surface area contributed by atoms with Crippen LogP contribution < -0.4 is 5.32 Å². The lowest BCUT2D eigenvalue weighted by molar-refractivity contribution is -0.132. The van der Waals surface area contributed by atoms with Crippen LogP contribution in [0.1, 0.15) is 44.5 Å². The van der Waals surface area contributed by atoms with Crippen LogP contribution in [0.4, 0.5) is 5.13 Å². The van der Waals surface area contributed by atoms with E-state index in [1.54, 1.807) is 24.4 Å². The molecule has 0 bridgehead atoms. The van der Waals surface area contributed by atoms with Crippen molar-refractivity contribution in [3.05, 3.63) is 112 Å². The molecule has 1 aliphatic heterocycles. The van der Waals surface area contributed by atoms with E-state index in [4.69, 9.17) is 0 Å². The first-order valence-corrected chi connectivity index (χ1v) is 12.1. The van der Waals surface area contributed by atoms with E-state index in [1.165, 1.54) is 11.3 Å². The number of hydrogen-bond donors (Lipinski definition) is 1. The Kier molecular flexibility index (Phi) is 6.44. The minimum atomic E-state index is -0.284. The summed E-state index contributed by atoms with van der Waals surface area (Å²) in [4.78, 5) is 37.4. The van der Waals surface area contributed by atoms with Crippen molar-refractivity contribution in [2.75, 3.05) is 11.9 Å². The summed E-state index contributed by atoms with van der Waals surface area (Å²) in [6, 6.07) is 25.6. The van der Waals surface area contributed by atoms with E-state index in [0.717, 1.165) is 21.7 Å². The van der Waals surface area contributed by atoms with E-state index in [1.807, 2.05) is 41.3 Å². The van der Waals surface area contributed by atoms with Gasteiger partial charge in [0, 0.05) is 36.4 Å². The van der Waals surface area contributed by atoms with Gasteiger partial charge >= 0.3 is 0 Å². The van der Waals surface area contributed by atoms with Gasteiger partial charge in [-0.05, 0) is 23.3 Å². The molecule has 7 heteroatoms. The molecule has 1 aliphatic rings. The lowest BCUT2D eigenvalue weighted by atomic mass is 9.88. The highest BCUT2D eigenvalue weighted by Crippen LogP contribution is 2.32. The molecule has 0 saturated carbocycles. The number of aromatic nitrogens is 2. The molecule has 2 aromatic carbocycles. The highest BCUT2D eigenvalue weighted by atomic mass is 32.1. The second kappa shape index (κ2) is 9.97. The summed E-state index contributed by atoms with van der Waals surface area (Å²) >= 11 is 1.43. The molecule has 2 amide bonds. The lowest BCUT2D eigenvalue weighted by Crippen LogP contribution is -2.36. The fraction of sp³-hybridized carbons (Fsp3) is 0.185. The molecule has 1 N–H and O–H groups in total. The topological polar surface area (TPSA) is 75.2 Å². The standard InChI is InChI=1S/C27H24N4O2S/c32-25(17-21(19-9-3-1-4-10-19)20-11-5-2-6-12-20)31-16-14-22-24(18-31)34-27(29-22)30-26(33)23-13-7-8-15-28-23/h1-13,15,21H,14,16-18H2,(H,29,30,33). The van der Waals surface area contributed by atoms with E-state index in [0.29, 0.717) is 36.8 Å².